The Balaban J connectivity index is 1.86. The third-order valence-electron chi connectivity index (χ3n) is 4.08. The van der Waals surface area contributed by atoms with E-state index in [1.54, 1.807) is 0 Å². The topological polar surface area (TPSA) is 58.1 Å². The molecule has 2 heterocycles. The summed E-state index contributed by atoms with van der Waals surface area (Å²) in [5.74, 6) is -0.0339. The Morgan fingerprint density at radius 1 is 1.55 bits per heavy atom. The summed E-state index contributed by atoms with van der Waals surface area (Å²) in [6.07, 6.45) is 4.60. The highest BCUT2D eigenvalue weighted by Gasteiger charge is 2.24. The summed E-state index contributed by atoms with van der Waals surface area (Å²) >= 11 is 1.18. The van der Waals surface area contributed by atoms with E-state index in [-0.39, 0.29) is 5.91 Å². The van der Waals surface area contributed by atoms with Gasteiger partial charge in [-0.3, -0.25) is 9.69 Å². The molecule has 1 aromatic rings. The van der Waals surface area contributed by atoms with Crippen LogP contribution in [0.1, 0.15) is 55.4 Å². The van der Waals surface area contributed by atoms with Crippen LogP contribution in [-0.4, -0.2) is 45.6 Å². The van der Waals surface area contributed by atoms with Crippen LogP contribution in [0.5, 0.6) is 0 Å². The monoisotopic (exact) mass is 296 g/mol. The number of hydrogen-bond donors (Lipinski definition) is 1. The maximum absolute atomic E-state index is 12.2. The zero-order chi connectivity index (χ0) is 14.5. The quantitative estimate of drug-likeness (QED) is 0.904. The molecule has 2 atom stereocenters. The van der Waals surface area contributed by atoms with Gasteiger partial charge >= 0.3 is 0 Å². The number of hydrogen-bond acceptors (Lipinski definition) is 5. The summed E-state index contributed by atoms with van der Waals surface area (Å²) in [6, 6.07) is 0.993. The lowest BCUT2D eigenvalue weighted by atomic mass is 10.0. The second-order valence-electron chi connectivity index (χ2n) is 5.54. The number of piperidine rings is 1. The van der Waals surface area contributed by atoms with Crippen molar-refractivity contribution in [1.29, 1.82) is 0 Å². The zero-order valence-electron chi connectivity index (χ0n) is 12.6. The summed E-state index contributed by atoms with van der Waals surface area (Å²) < 4.78 is 3.86. The molecule has 0 aromatic carbocycles. The number of carbonyl (C=O) groups is 1. The van der Waals surface area contributed by atoms with Crippen LogP contribution in [0, 0.1) is 0 Å². The molecule has 5 nitrogen and oxygen atoms in total. The Bertz CT molecular complexity index is 448. The Morgan fingerprint density at radius 2 is 2.35 bits per heavy atom. The van der Waals surface area contributed by atoms with Crippen LogP contribution in [0.15, 0.2) is 0 Å². The zero-order valence-corrected chi connectivity index (χ0v) is 13.4. The molecule has 0 spiro atoms. The van der Waals surface area contributed by atoms with Gasteiger partial charge in [0.1, 0.15) is 4.88 Å². The maximum Gasteiger partial charge on any atom is 0.265 e. The lowest BCUT2D eigenvalue weighted by molar-refractivity contribution is 0.0889. The lowest BCUT2D eigenvalue weighted by Crippen LogP contribution is -2.48. The van der Waals surface area contributed by atoms with Gasteiger partial charge in [-0.2, -0.15) is 0 Å². The van der Waals surface area contributed by atoms with Crippen molar-refractivity contribution >= 4 is 17.4 Å². The summed E-state index contributed by atoms with van der Waals surface area (Å²) in [5.41, 5.74) is 0.798. The molecule has 1 saturated heterocycles. The first-order valence-electron chi connectivity index (χ1n) is 7.48. The van der Waals surface area contributed by atoms with E-state index < -0.39 is 0 Å². The summed E-state index contributed by atoms with van der Waals surface area (Å²) in [4.78, 5) is 15.3. The standard InChI is InChI=1S/C14H24N4OS/c1-4-12-13(20-17-16-12)14(19)15-9-11(3)18-8-6-5-7-10(18)2/h10-11H,4-9H2,1-3H3,(H,15,19). The van der Waals surface area contributed by atoms with E-state index in [0.717, 1.165) is 18.7 Å². The van der Waals surface area contributed by atoms with Crippen LogP contribution in [0.25, 0.3) is 0 Å². The second kappa shape index (κ2) is 7.13. The summed E-state index contributed by atoms with van der Waals surface area (Å²) in [6.45, 7) is 8.28. The van der Waals surface area contributed by atoms with Crippen LogP contribution in [-0.2, 0) is 6.42 Å². The Labute approximate surface area is 124 Å². The highest BCUT2D eigenvalue weighted by Crippen LogP contribution is 2.19. The average Bonchev–Trinajstić information content (AvgIpc) is 2.93. The van der Waals surface area contributed by atoms with Crippen LogP contribution < -0.4 is 5.32 Å². The highest BCUT2D eigenvalue weighted by atomic mass is 32.1. The predicted octanol–water partition coefficient (Wildman–Crippen LogP) is 2.09. The maximum atomic E-state index is 12.2. The van der Waals surface area contributed by atoms with Crippen molar-refractivity contribution in [3.05, 3.63) is 10.6 Å². The minimum Gasteiger partial charge on any atom is -0.350 e. The number of rotatable bonds is 5. The smallest absolute Gasteiger partial charge is 0.265 e. The minimum absolute atomic E-state index is 0.0339. The molecule has 0 aliphatic carbocycles. The first kappa shape index (κ1) is 15.4. The number of amides is 1. The van der Waals surface area contributed by atoms with Crippen molar-refractivity contribution in [2.24, 2.45) is 0 Å². The van der Waals surface area contributed by atoms with Gasteiger partial charge in [-0.05, 0) is 51.2 Å². The van der Waals surface area contributed by atoms with Gasteiger partial charge in [0.25, 0.3) is 5.91 Å². The summed E-state index contributed by atoms with van der Waals surface area (Å²) in [7, 11) is 0. The molecule has 112 valence electrons. The van der Waals surface area contributed by atoms with E-state index in [1.807, 2.05) is 6.92 Å². The Morgan fingerprint density at radius 3 is 3.05 bits per heavy atom. The van der Waals surface area contributed by atoms with Crippen molar-refractivity contribution < 1.29 is 4.79 Å². The number of aromatic nitrogens is 2. The lowest BCUT2D eigenvalue weighted by Gasteiger charge is -2.38. The Kier molecular flexibility index (Phi) is 5.48. The van der Waals surface area contributed by atoms with E-state index >= 15 is 0 Å². The van der Waals surface area contributed by atoms with Gasteiger partial charge in [0.15, 0.2) is 0 Å². The highest BCUT2D eigenvalue weighted by molar-refractivity contribution is 7.08. The van der Waals surface area contributed by atoms with Crippen molar-refractivity contribution in [2.75, 3.05) is 13.1 Å². The third-order valence-corrected chi connectivity index (χ3v) is 4.84. The van der Waals surface area contributed by atoms with Crippen LogP contribution >= 0.6 is 11.5 Å². The van der Waals surface area contributed by atoms with Gasteiger partial charge in [0.2, 0.25) is 0 Å². The third kappa shape index (κ3) is 3.55. The fourth-order valence-electron chi connectivity index (χ4n) is 2.83. The molecule has 1 aromatic heterocycles. The molecule has 0 radical (unpaired) electrons. The van der Waals surface area contributed by atoms with E-state index in [9.17, 15) is 4.79 Å². The SMILES string of the molecule is CCc1nnsc1C(=O)NCC(C)N1CCCCC1C. The van der Waals surface area contributed by atoms with E-state index in [0.29, 0.717) is 23.5 Å². The van der Waals surface area contributed by atoms with Crippen LogP contribution in [0.3, 0.4) is 0 Å². The van der Waals surface area contributed by atoms with Crippen molar-refractivity contribution in [2.45, 2.75) is 58.5 Å². The molecule has 2 unspecified atom stereocenters. The number of aryl methyl sites for hydroxylation is 1. The fourth-order valence-corrected chi connectivity index (χ4v) is 3.49. The van der Waals surface area contributed by atoms with Gasteiger partial charge in [0, 0.05) is 18.6 Å². The molecule has 2 rings (SSSR count). The predicted molar refractivity (Wildman–Crippen MR) is 81.1 cm³/mol. The molecule has 6 heteroatoms. The van der Waals surface area contributed by atoms with E-state index in [1.165, 1.54) is 30.8 Å². The molecule has 1 aliphatic rings. The molecule has 20 heavy (non-hydrogen) atoms. The number of nitrogens with one attached hydrogen (secondary N) is 1. The average molecular weight is 296 g/mol. The van der Waals surface area contributed by atoms with E-state index in [4.69, 9.17) is 0 Å². The number of nitrogens with zero attached hydrogens (tertiary/aromatic N) is 3. The van der Waals surface area contributed by atoms with Crippen molar-refractivity contribution in [3.63, 3.8) is 0 Å². The van der Waals surface area contributed by atoms with Gasteiger partial charge in [-0.1, -0.05) is 17.8 Å². The molecule has 0 saturated carbocycles. The second-order valence-corrected chi connectivity index (χ2v) is 6.30. The minimum atomic E-state index is -0.0339. The van der Waals surface area contributed by atoms with Gasteiger partial charge in [-0.15, -0.1) is 5.10 Å². The molecule has 1 aliphatic heterocycles. The largest absolute Gasteiger partial charge is 0.350 e. The van der Waals surface area contributed by atoms with Crippen LogP contribution in [0.4, 0.5) is 0 Å². The van der Waals surface area contributed by atoms with Crippen molar-refractivity contribution in [3.8, 4) is 0 Å². The van der Waals surface area contributed by atoms with Crippen LogP contribution in [0.2, 0.25) is 0 Å². The van der Waals surface area contributed by atoms with Crippen molar-refractivity contribution in [1.82, 2.24) is 19.8 Å². The number of carbonyl (C=O) groups excluding carboxylic acids is 1. The fraction of sp³-hybridized carbons (Fsp3) is 0.786. The van der Waals surface area contributed by atoms with Gasteiger partial charge < -0.3 is 5.32 Å². The van der Waals surface area contributed by atoms with E-state index in [2.05, 4.69) is 33.7 Å². The molecule has 0 bridgehead atoms. The summed E-state index contributed by atoms with van der Waals surface area (Å²) in [5, 5.41) is 7.01. The molecular weight excluding hydrogens is 272 g/mol. The molecule has 1 amide bonds. The first-order chi connectivity index (χ1) is 9.63. The molecule has 1 N–H and O–H groups in total. The molecular formula is C14H24N4OS. The van der Waals surface area contributed by atoms with Gasteiger partial charge in [-0.25, -0.2) is 0 Å². The van der Waals surface area contributed by atoms with Gasteiger partial charge in [0.05, 0.1) is 5.69 Å². The normalized spacial score (nSPS) is 21.6. The molecule has 1 fully saturated rings. The Hall–Kier alpha value is -1.01. The number of likely N-dealkylation sites (tertiary alicyclic amines) is 1. The first-order valence-corrected chi connectivity index (χ1v) is 8.26.